The van der Waals surface area contributed by atoms with Crippen LogP contribution in [-0.4, -0.2) is 28.7 Å². The molecule has 1 saturated carbocycles. The molecule has 0 unspecified atom stereocenters. The van der Waals surface area contributed by atoms with Crippen molar-refractivity contribution in [1.82, 2.24) is 14.3 Å². The Morgan fingerprint density at radius 3 is 2.84 bits per heavy atom. The maximum absolute atomic E-state index is 12.6. The first-order valence-electron chi connectivity index (χ1n) is 6.12. The highest BCUT2D eigenvalue weighted by molar-refractivity contribution is 7.89. The Kier molecular flexibility index (Phi) is 3.20. The van der Waals surface area contributed by atoms with Crippen molar-refractivity contribution in [3.63, 3.8) is 0 Å². The van der Waals surface area contributed by atoms with Gasteiger partial charge in [0.1, 0.15) is 5.82 Å². The number of rotatable bonds is 5. The zero-order valence-corrected chi connectivity index (χ0v) is 12.2. The van der Waals surface area contributed by atoms with Gasteiger partial charge >= 0.3 is 0 Å². The van der Waals surface area contributed by atoms with E-state index in [9.17, 15) is 8.42 Å². The molecule has 1 aliphatic rings. The number of nitrogens with one attached hydrogen (secondary N) is 1. The normalized spacial score (nSPS) is 16.1. The van der Waals surface area contributed by atoms with Gasteiger partial charge in [-0.05, 0) is 42.2 Å². The topological polar surface area (TPSA) is 66.1 Å². The number of imidazole rings is 1. The number of nitrogens with zero attached hydrogens (tertiary/aromatic N) is 2. The molecule has 0 aliphatic heterocycles. The molecular weight excluding hydrogens is 282 g/mol. The third kappa shape index (κ3) is 2.58. The molecule has 0 atom stereocenters. The van der Waals surface area contributed by atoms with Crippen molar-refractivity contribution in [1.29, 1.82) is 0 Å². The highest BCUT2D eigenvalue weighted by Crippen LogP contribution is 2.33. The van der Waals surface area contributed by atoms with E-state index < -0.39 is 10.0 Å². The van der Waals surface area contributed by atoms with Crippen LogP contribution in [0.1, 0.15) is 24.2 Å². The van der Waals surface area contributed by atoms with Crippen molar-refractivity contribution in [2.45, 2.75) is 37.4 Å². The predicted octanol–water partition coefficient (Wildman–Crippen LogP) is 2.13. The number of aromatic nitrogens is 2. The summed E-state index contributed by atoms with van der Waals surface area (Å²) in [6.45, 7) is 2.19. The largest absolute Gasteiger partial charge is 0.332 e. The number of H-pyrrole nitrogens is 1. The second-order valence-electron chi connectivity index (χ2n) is 4.75. The highest BCUT2D eigenvalue weighted by Gasteiger charge is 2.38. The molecule has 102 valence electrons. The fourth-order valence-corrected chi connectivity index (χ4v) is 4.29. The summed E-state index contributed by atoms with van der Waals surface area (Å²) >= 11 is 1.58. The number of hydrogen-bond acceptors (Lipinski definition) is 4. The number of sulfonamides is 1. The highest BCUT2D eigenvalue weighted by atomic mass is 32.2. The van der Waals surface area contributed by atoms with Crippen molar-refractivity contribution < 1.29 is 8.42 Å². The monoisotopic (exact) mass is 297 g/mol. The molecule has 0 bridgehead atoms. The number of aryl methyl sites for hydroxylation is 1. The van der Waals surface area contributed by atoms with Crippen LogP contribution < -0.4 is 0 Å². The van der Waals surface area contributed by atoms with E-state index >= 15 is 0 Å². The van der Waals surface area contributed by atoms with Gasteiger partial charge in [-0.15, -0.1) is 0 Å². The second kappa shape index (κ2) is 4.73. The molecule has 1 N–H and O–H groups in total. The Hall–Kier alpha value is -1.18. The van der Waals surface area contributed by atoms with Gasteiger partial charge < -0.3 is 4.98 Å². The molecule has 5 nitrogen and oxygen atoms in total. The van der Waals surface area contributed by atoms with Crippen LogP contribution >= 0.6 is 11.3 Å². The predicted molar refractivity (Wildman–Crippen MR) is 73.4 cm³/mol. The van der Waals surface area contributed by atoms with E-state index in [1.165, 1.54) is 6.20 Å². The van der Waals surface area contributed by atoms with E-state index in [1.807, 2.05) is 16.8 Å². The summed E-state index contributed by atoms with van der Waals surface area (Å²) in [7, 11) is -3.47. The van der Waals surface area contributed by atoms with Gasteiger partial charge in [-0.25, -0.2) is 13.4 Å². The molecule has 0 amide bonds. The molecule has 0 saturated heterocycles. The average molecular weight is 297 g/mol. The van der Waals surface area contributed by atoms with Gasteiger partial charge in [-0.3, -0.25) is 0 Å². The quantitative estimate of drug-likeness (QED) is 0.919. The summed E-state index contributed by atoms with van der Waals surface area (Å²) in [6, 6.07) is 2.10. The van der Waals surface area contributed by atoms with E-state index in [0.717, 1.165) is 18.4 Å². The lowest BCUT2D eigenvalue weighted by Crippen LogP contribution is -2.32. The van der Waals surface area contributed by atoms with Crippen molar-refractivity contribution in [2.24, 2.45) is 0 Å². The molecule has 7 heteroatoms. The summed E-state index contributed by atoms with van der Waals surface area (Å²) in [5.74, 6) is 0.616. The molecule has 0 aromatic carbocycles. The summed E-state index contributed by atoms with van der Waals surface area (Å²) in [5.41, 5.74) is 1.04. The first-order valence-corrected chi connectivity index (χ1v) is 8.50. The number of hydrogen-bond donors (Lipinski definition) is 1. The van der Waals surface area contributed by atoms with E-state index in [0.29, 0.717) is 12.4 Å². The molecule has 1 aliphatic carbocycles. The maximum atomic E-state index is 12.6. The molecule has 1 fully saturated rings. The van der Waals surface area contributed by atoms with Crippen molar-refractivity contribution in [2.75, 3.05) is 0 Å². The Morgan fingerprint density at radius 1 is 1.53 bits per heavy atom. The van der Waals surface area contributed by atoms with Gasteiger partial charge in [0, 0.05) is 12.6 Å². The van der Waals surface area contributed by atoms with Crippen molar-refractivity contribution in [3.05, 3.63) is 34.4 Å². The van der Waals surface area contributed by atoms with Crippen molar-refractivity contribution in [3.8, 4) is 0 Å². The number of thiophene rings is 1. The van der Waals surface area contributed by atoms with Gasteiger partial charge in [0.15, 0.2) is 5.03 Å². The lowest BCUT2D eigenvalue weighted by Gasteiger charge is -2.20. The summed E-state index contributed by atoms with van der Waals surface area (Å²) < 4.78 is 26.8. The summed E-state index contributed by atoms with van der Waals surface area (Å²) in [5, 5.41) is 4.14. The average Bonchev–Trinajstić information content (AvgIpc) is 2.88. The van der Waals surface area contributed by atoms with E-state index in [4.69, 9.17) is 0 Å². The molecule has 3 rings (SSSR count). The molecule has 2 aromatic rings. The smallest absolute Gasteiger partial charge is 0.260 e. The van der Waals surface area contributed by atoms with Crippen LogP contribution in [-0.2, 0) is 16.6 Å². The third-order valence-corrected chi connectivity index (χ3v) is 5.68. The Labute approximate surface area is 116 Å². The fourth-order valence-electron chi connectivity index (χ4n) is 1.99. The minimum Gasteiger partial charge on any atom is -0.332 e. The SMILES string of the molecule is Cc1ncc(S(=O)(=O)N(Cc2ccsc2)C2CC2)[nH]1. The van der Waals surface area contributed by atoms with Gasteiger partial charge in [-0.1, -0.05) is 0 Å². The van der Waals surface area contributed by atoms with Crippen LogP contribution in [0, 0.1) is 6.92 Å². The molecular formula is C12H15N3O2S2. The van der Waals surface area contributed by atoms with Gasteiger partial charge in [0.2, 0.25) is 0 Å². The molecule has 2 aromatic heterocycles. The van der Waals surface area contributed by atoms with Gasteiger partial charge in [0.25, 0.3) is 10.0 Å². The Morgan fingerprint density at radius 2 is 2.32 bits per heavy atom. The van der Waals surface area contributed by atoms with Crippen LogP contribution in [0.15, 0.2) is 28.0 Å². The molecule has 2 heterocycles. The first kappa shape index (κ1) is 12.8. The van der Waals surface area contributed by atoms with E-state index in [2.05, 4.69) is 9.97 Å². The summed E-state index contributed by atoms with van der Waals surface area (Å²) in [4.78, 5) is 6.80. The Balaban J connectivity index is 1.91. The van der Waals surface area contributed by atoms with E-state index in [1.54, 1.807) is 22.6 Å². The molecule has 0 radical (unpaired) electrons. The minimum atomic E-state index is -3.47. The fraction of sp³-hybridized carbons (Fsp3) is 0.417. The standard InChI is InChI=1S/C12H15N3O2S2/c1-9-13-6-12(14-9)19(16,17)15(11-2-3-11)7-10-4-5-18-8-10/h4-6,8,11H,2-3,7H2,1H3,(H,13,14). The third-order valence-electron chi connectivity index (χ3n) is 3.14. The lowest BCUT2D eigenvalue weighted by molar-refractivity contribution is 0.397. The van der Waals surface area contributed by atoms with Crippen LogP contribution in [0.3, 0.4) is 0 Å². The van der Waals surface area contributed by atoms with Crippen LogP contribution in [0.25, 0.3) is 0 Å². The van der Waals surface area contributed by atoms with Gasteiger partial charge in [0.05, 0.1) is 6.20 Å². The minimum absolute atomic E-state index is 0.133. The van der Waals surface area contributed by atoms with Crippen LogP contribution in [0.5, 0.6) is 0 Å². The zero-order valence-electron chi connectivity index (χ0n) is 10.5. The van der Waals surface area contributed by atoms with Crippen LogP contribution in [0.2, 0.25) is 0 Å². The van der Waals surface area contributed by atoms with Crippen LogP contribution in [0.4, 0.5) is 0 Å². The van der Waals surface area contributed by atoms with Gasteiger partial charge in [-0.2, -0.15) is 15.6 Å². The molecule has 0 spiro atoms. The lowest BCUT2D eigenvalue weighted by atomic mass is 10.3. The number of aromatic amines is 1. The second-order valence-corrected chi connectivity index (χ2v) is 7.38. The summed E-state index contributed by atoms with van der Waals surface area (Å²) in [6.07, 6.45) is 3.28. The molecule has 19 heavy (non-hydrogen) atoms. The first-order chi connectivity index (χ1) is 9.07. The van der Waals surface area contributed by atoms with E-state index in [-0.39, 0.29) is 11.1 Å². The zero-order chi connectivity index (χ0) is 13.5. The Bertz CT molecular complexity index is 657. The maximum Gasteiger partial charge on any atom is 0.260 e. The van der Waals surface area contributed by atoms with Crippen molar-refractivity contribution >= 4 is 21.4 Å².